The van der Waals surface area contributed by atoms with Crippen LogP contribution >= 0.6 is 0 Å². The highest BCUT2D eigenvalue weighted by molar-refractivity contribution is 5.72. The minimum atomic E-state index is -0.370. The van der Waals surface area contributed by atoms with Gasteiger partial charge < -0.3 is 15.4 Å². The second kappa shape index (κ2) is 6.96. The van der Waals surface area contributed by atoms with Crippen molar-refractivity contribution in [2.75, 3.05) is 20.2 Å². The maximum atomic E-state index is 13.5. The van der Waals surface area contributed by atoms with Gasteiger partial charge in [0.05, 0.1) is 7.11 Å². The molecule has 1 aromatic carbocycles. The maximum Gasteiger partial charge on any atom is 0.216 e. The second-order valence-corrected chi connectivity index (χ2v) is 4.05. The second-order valence-electron chi connectivity index (χ2n) is 4.05. The number of rotatable bonds is 6. The van der Waals surface area contributed by atoms with Crippen molar-refractivity contribution < 1.29 is 13.9 Å². The van der Waals surface area contributed by atoms with Crippen molar-refractivity contribution in [2.24, 2.45) is 0 Å². The Bertz CT molecular complexity index is 410. The Kier molecular flexibility index (Phi) is 5.58. The lowest BCUT2D eigenvalue weighted by Gasteiger charge is -2.15. The third-order valence-corrected chi connectivity index (χ3v) is 2.63. The van der Waals surface area contributed by atoms with Crippen molar-refractivity contribution in [3.05, 3.63) is 29.6 Å². The molecule has 0 radical (unpaired) electrons. The third-order valence-electron chi connectivity index (χ3n) is 2.63. The third kappa shape index (κ3) is 4.33. The van der Waals surface area contributed by atoms with E-state index in [0.29, 0.717) is 13.1 Å². The van der Waals surface area contributed by atoms with Crippen LogP contribution in [0.25, 0.3) is 0 Å². The Hall–Kier alpha value is -1.62. The first-order valence-corrected chi connectivity index (χ1v) is 5.86. The zero-order chi connectivity index (χ0) is 13.5. The molecule has 4 nitrogen and oxygen atoms in total. The molecule has 0 aliphatic rings. The van der Waals surface area contributed by atoms with Crippen LogP contribution in [0.3, 0.4) is 0 Å². The molecular formula is C13H19FN2O2. The van der Waals surface area contributed by atoms with Gasteiger partial charge in [-0.15, -0.1) is 0 Å². The maximum absolute atomic E-state index is 13.5. The van der Waals surface area contributed by atoms with Gasteiger partial charge in [-0.1, -0.05) is 6.07 Å². The number of halogens is 1. The lowest BCUT2D eigenvalue weighted by Crippen LogP contribution is -2.31. The summed E-state index contributed by atoms with van der Waals surface area (Å²) in [6, 6.07) is 4.89. The van der Waals surface area contributed by atoms with Crippen LogP contribution in [-0.2, 0) is 4.79 Å². The minimum Gasteiger partial charge on any atom is -0.494 e. The number of ether oxygens (including phenoxy) is 1. The summed E-state index contributed by atoms with van der Waals surface area (Å²) in [4.78, 5) is 10.7. The average Bonchev–Trinajstić information content (AvgIpc) is 2.34. The molecular weight excluding hydrogens is 235 g/mol. The molecule has 18 heavy (non-hydrogen) atoms. The normalized spacial score (nSPS) is 12.0. The van der Waals surface area contributed by atoms with Crippen LogP contribution < -0.4 is 15.4 Å². The Labute approximate surface area is 107 Å². The number of nitrogens with one attached hydrogen (secondary N) is 2. The smallest absolute Gasteiger partial charge is 0.216 e. The van der Waals surface area contributed by atoms with Crippen molar-refractivity contribution in [3.63, 3.8) is 0 Å². The largest absolute Gasteiger partial charge is 0.494 e. The van der Waals surface area contributed by atoms with Gasteiger partial charge in [-0.05, 0) is 24.6 Å². The summed E-state index contributed by atoms with van der Waals surface area (Å²) in [6.07, 6.45) is 0. The van der Waals surface area contributed by atoms with E-state index in [1.165, 1.54) is 20.1 Å². The highest BCUT2D eigenvalue weighted by atomic mass is 19.1. The lowest BCUT2D eigenvalue weighted by atomic mass is 10.1. The summed E-state index contributed by atoms with van der Waals surface area (Å²) in [5, 5.41) is 5.88. The highest BCUT2D eigenvalue weighted by Crippen LogP contribution is 2.21. The fourth-order valence-electron chi connectivity index (χ4n) is 1.60. The molecule has 0 aliphatic carbocycles. The summed E-state index contributed by atoms with van der Waals surface area (Å²) in [7, 11) is 1.44. The number of hydrogen-bond acceptors (Lipinski definition) is 3. The van der Waals surface area contributed by atoms with Gasteiger partial charge in [-0.3, -0.25) is 4.79 Å². The predicted octanol–water partition coefficient (Wildman–Crippen LogP) is 1.62. The molecule has 0 saturated heterocycles. The molecule has 0 heterocycles. The van der Waals surface area contributed by atoms with Gasteiger partial charge >= 0.3 is 0 Å². The molecule has 0 bridgehead atoms. The predicted molar refractivity (Wildman–Crippen MR) is 68.1 cm³/mol. The zero-order valence-corrected chi connectivity index (χ0v) is 10.9. The van der Waals surface area contributed by atoms with Gasteiger partial charge in [0, 0.05) is 26.1 Å². The lowest BCUT2D eigenvalue weighted by molar-refractivity contribution is -0.118. The van der Waals surface area contributed by atoms with Crippen molar-refractivity contribution in [2.45, 2.75) is 19.9 Å². The van der Waals surface area contributed by atoms with E-state index in [-0.39, 0.29) is 23.5 Å². The topological polar surface area (TPSA) is 50.4 Å². The fourth-order valence-corrected chi connectivity index (χ4v) is 1.60. The molecule has 0 aromatic heterocycles. The Balaban J connectivity index is 2.48. The fraction of sp³-hybridized carbons (Fsp3) is 0.462. The van der Waals surface area contributed by atoms with Gasteiger partial charge in [0.25, 0.3) is 0 Å². The van der Waals surface area contributed by atoms with Gasteiger partial charge in [-0.25, -0.2) is 4.39 Å². The van der Waals surface area contributed by atoms with Crippen LogP contribution in [0.15, 0.2) is 18.2 Å². The average molecular weight is 254 g/mol. The van der Waals surface area contributed by atoms with Crippen LogP contribution in [0, 0.1) is 5.82 Å². The van der Waals surface area contributed by atoms with E-state index in [1.54, 1.807) is 6.07 Å². The van der Waals surface area contributed by atoms with E-state index in [2.05, 4.69) is 10.6 Å². The first-order chi connectivity index (χ1) is 8.54. The monoisotopic (exact) mass is 254 g/mol. The summed E-state index contributed by atoms with van der Waals surface area (Å²) in [5.41, 5.74) is 0.844. The van der Waals surface area contributed by atoms with Gasteiger partial charge in [0.15, 0.2) is 11.6 Å². The van der Waals surface area contributed by atoms with Crippen molar-refractivity contribution in [3.8, 4) is 5.75 Å². The van der Waals surface area contributed by atoms with E-state index in [9.17, 15) is 9.18 Å². The van der Waals surface area contributed by atoms with Crippen LogP contribution in [0.4, 0.5) is 4.39 Å². The van der Waals surface area contributed by atoms with Crippen LogP contribution in [0.2, 0.25) is 0 Å². The van der Waals surface area contributed by atoms with Crippen LogP contribution in [0.5, 0.6) is 5.75 Å². The molecule has 1 amide bonds. The van der Waals surface area contributed by atoms with Crippen LogP contribution in [-0.4, -0.2) is 26.1 Å². The van der Waals surface area contributed by atoms with E-state index in [4.69, 9.17) is 4.74 Å². The molecule has 1 rings (SSSR count). The molecule has 100 valence electrons. The van der Waals surface area contributed by atoms with Gasteiger partial charge in [-0.2, -0.15) is 0 Å². The molecule has 5 heteroatoms. The molecule has 1 atom stereocenters. The Morgan fingerprint density at radius 3 is 2.72 bits per heavy atom. The molecule has 0 saturated carbocycles. The number of carbonyl (C=O) groups excluding carboxylic acids is 1. The first-order valence-electron chi connectivity index (χ1n) is 5.86. The zero-order valence-electron chi connectivity index (χ0n) is 10.9. The Morgan fingerprint density at radius 2 is 2.17 bits per heavy atom. The molecule has 1 aromatic rings. The number of methoxy groups -OCH3 is 1. The number of amides is 1. The minimum absolute atomic E-state index is 0.0131. The van der Waals surface area contributed by atoms with Crippen molar-refractivity contribution >= 4 is 5.91 Å². The number of hydrogen-bond donors (Lipinski definition) is 2. The van der Waals surface area contributed by atoms with E-state index in [0.717, 1.165) is 5.56 Å². The molecule has 1 unspecified atom stereocenters. The first kappa shape index (κ1) is 14.4. The summed E-state index contributed by atoms with van der Waals surface area (Å²) in [5.74, 6) is -0.186. The SMILES string of the molecule is COc1ccc(C(C)NCCNC(C)=O)cc1F. The van der Waals surface area contributed by atoms with Crippen molar-refractivity contribution in [1.82, 2.24) is 10.6 Å². The van der Waals surface area contributed by atoms with Gasteiger partial charge in [0.2, 0.25) is 5.91 Å². The number of carbonyl (C=O) groups is 1. The number of benzene rings is 1. The quantitative estimate of drug-likeness (QED) is 0.758. The molecule has 2 N–H and O–H groups in total. The standard InChI is InChI=1S/C13H19FN2O2/c1-9(15-6-7-16-10(2)17)11-4-5-13(18-3)12(14)8-11/h4-5,8-9,15H,6-7H2,1-3H3,(H,16,17). The van der Waals surface area contributed by atoms with Gasteiger partial charge in [0.1, 0.15) is 0 Å². The molecule has 0 fully saturated rings. The molecule has 0 spiro atoms. The highest BCUT2D eigenvalue weighted by Gasteiger charge is 2.08. The summed E-state index contributed by atoms with van der Waals surface area (Å²) >= 11 is 0. The Morgan fingerprint density at radius 1 is 1.44 bits per heavy atom. The van der Waals surface area contributed by atoms with Crippen molar-refractivity contribution in [1.29, 1.82) is 0 Å². The molecule has 0 aliphatic heterocycles. The van der Waals surface area contributed by atoms with Crippen LogP contribution in [0.1, 0.15) is 25.5 Å². The van der Waals surface area contributed by atoms with E-state index in [1.807, 2.05) is 13.0 Å². The summed E-state index contributed by atoms with van der Waals surface area (Å²) < 4.78 is 18.4. The van der Waals surface area contributed by atoms with E-state index >= 15 is 0 Å². The summed E-state index contributed by atoms with van der Waals surface area (Å²) in [6.45, 7) is 4.60. The van der Waals surface area contributed by atoms with E-state index < -0.39 is 0 Å².